The van der Waals surface area contributed by atoms with Gasteiger partial charge < -0.3 is 15.0 Å². The molecule has 0 radical (unpaired) electrons. The molecule has 1 aliphatic heterocycles. The Balaban J connectivity index is 1.37. The Morgan fingerprint density at radius 1 is 1.35 bits per heavy atom. The van der Waals surface area contributed by atoms with Gasteiger partial charge in [0.1, 0.15) is 11.6 Å². The van der Waals surface area contributed by atoms with Crippen molar-refractivity contribution in [2.24, 2.45) is 5.92 Å². The lowest BCUT2D eigenvalue weighted by Crippen LogP contribution is -2.52. The number of nitrogens with one attached hydrogen (secondary N) is 2. The molecule has 2 aliphatic rings. The number of hydrogen-bond acceptors (Lipinski definition) is 6. The molecule has 10 heteroatoms. The van der Waals surface area contributed by atoms with Crippen LogP contribution in [0.3, 0.4) is 0 Å². The second-order valence-electron chi connectivity index (χ2n) is 8.19. The molecule has 2 aromatic heterocycles. The van der Waals surface area contributed by atoms with Gasteiger partial charge in [0.25, 0.3) is 11.5 Å². The lowest BCUT2D eigenvalue weighted by Gasteiger charge is -2.40. The number of nitrogens with zero attached hydrogens (tertiary/aromatic N) is 3. The van der Waals surface area contributed by atoms with E-state index >= 15 is 0 Å². The summed E-state index contributed by atoms with van der Waals surface area (Å²) in [4.78, 5) is 36.1. The van der Waals surface area contributed by atoms with E-state index in [0.717, 1.165) is 6.20 Å². The maximum absolute atomic E-state index is 14.5. The summed E-state index contributed by atoms with van der Waals surface area (Å²) >= 11 is 0. The Morgan fingerprint density at radius 2 is 2.16 bits per heavy atom. The van der Waals surface area contributed by atoms with Gasteiger partial charge in [-0.1, -0.05) is 0 Å². The molecule has 4 rings (SSSR count). The van der Waals surface area contributed by atoms with Gasteiger partial charge in [0.2, 0.25) is 5.91 Å². The molecule has 2 fully saturated rings. The molecule has 8 nitrogen and oxygen atoms in total. The van der Waals surface area contributed by atoms with E-state index in [1.807, 2.05) is 0 Å². The third-order valence-corrected chi connectivity index (χ3v) is 5.81. The molecular formula is C21H25F2N5O3. The Morgan fingerprint density at radius 3 is 2.81 bits per heavy atom. The number of rotatable bonds is 7. The van der Waals surface area contributed by atoms with Crippen LogP contribution in [0.2, 0.25) is 0 Å². The average Bonchev–Trinajstić information content (AvgIpc) is 3.58. The van der Waals surface area contributed by atoms with E-state index in [-0.39, 0.29) is 24.7 Å². The predicted octanol–water partition coefficient (Wildman–Crippen LogP) is 2.41. The standard InChI is InChI=1S/C21H25F2N5O3/c1-13(20(30)27-18-5-4-15(8-25-18)31-12-14-2-3-14)28-7-6-21(22,23)16(11-28)17-9-26-19(29)10-24-17/h4-5,8-10,13-14,16H,2-3,6-7,11-12H2,1H3,(H,26,29)(H,25,27,30). The Hall–Kier alpha value is -2.88. The number of H-pyrrole nitrogens is 1. The zero-order chi connectivity index (χ0) is 22.0. The van der Waals surface area contributed by atoms with Gasteiger partial charge in [-0.25, -0.2) is 13.8 Å². The van der Waals surface area contributed by atoms with Gasteiger partial charge in [-0.2, -0.15) is 0 Å². The molecule has 2 N–H and O–H groups in total. The van der Waals surface area contributed by atoms with Gasteiger partial charge in [0, 0.05) is 25.7 Å². The minimum atomic E-state index is -2.98. The summed E-state index contributed by atoms with van der Waals surface area (Å²) in [6.07, 6.45) is 5.75. The minimum Gasteiger partial charge on any atom is -0.492 e. The van der Waals surface area contributed by atoms with Crippen LogP contribution in [-0.4, -0.2) is 57.4 Å². The van der Waals surface area contributed by atoms with Crippen LogP contribution in [0.25, 0.3) is 0 Å². The second-order valence-corrected chi connectivity index (χ2v) is 8.19. The lowest BCUT2D eigenvalue weighted by atomic mass is 9.90. The third kappa shape index (κ3) is 5.25. The highest BCUT2D eigenvalue weighted by Gasteiger charge is 2.47. The Labute approximate surface area is 178 Å². The molecule has 166 valence electrons. The number of pyridine rings is 1. The van der Waals surface area contributed by atoms with E-state index in [9.17, 15) is 18.4 Å². The van der Waals surface area contributed by atoms with Crippen molar-refractivity contribution in [3.05, 3.63) is 46.8 Å². The molecule has 3 heterocycles. The van der Waals surface area contributed by atoms with Crippen LogP contribution >= 0.6 is 0 Å². The van der Waals surface area contributed by atoms with Gasteiger partial charge >= 0.3 is 0 Å². The molecular weight excluding hydrogens is 408 g/mol. The smallest absolute Gasteiger partial charge is 0.266 e. The summed E-state index contributed by atoms with van der Waals surface area (Å²) in [7, 11) is 0. The monoisotopic (exact) mass is 433 g/mol. The van der Waals surface area contributed by atoms with Gasteiger partial charge in [0.05, 0.1) is 36.7 Å². The molecule has 1 aliphatic carbocycles. The van der Waals surface area contributed by atoms with Crippen LogP contribution in [0.1, 0.15) is 37.8 Å². The topological polar surface area (TPSA) is 100 Å². The molecule has 1 saturated carbocycles. The molecule has 0 aromatic carbocycles. The molecule has 1 saturated heterocycles. The molecule has 0 bridgehead atoms. The van der Waals surface area contributed by atoms with Crippen LogP contribution in [0.4, 0.5) is 14.6 Å². The van der Waals surface area contributed by atoms with Crippen molar-refractivity contribution < 1.29 is 18.3 Å². The Bertz CT molecular complexity index is 957. The Kier molecular flexibility index (Phi) is 5.99. The van der Waals surface area contributed by atoms with Gasteiger partial charge in [0.15, 0.2) is 0 Å². The first-order chi connectivity index (χ1) is 14.8. The maximum Gasteiger partial charge on any atom is 0.266 e. The molecule has 0 spiro atoms. The fourth-order valence-electron chi connectivity index (χ4n) is 3.57. The van der Waals surface area contributed by atoms with Crippen LogP contribution in [0.15, 0.2) is 35.5 Å². The van der Waals surface area contributed by atoms with E-state index in [4.69, 9.17) is 4.74 Å². The summed E-state index contributed by atoms with van der Waals surface area (Å²) in [5.74, 6) is -2.88. The van der Waals surface area contributed by atoms with Crippen molar-refractivity contribution in [3.8, 4) is 5.75 Å². The van der Waals surface area contributed by atoms with E-state index in [2.05, 4.69) is 20.3 Å². The zero-order valence-corrected chi connectivity index (χ0v) is 17.2. The number of aromatic nitrogens is 3. The SMILES string of the molecule is CC(C(=O)Nc1ccc(OCC2CC2)cn1)N1CCC(F)(F)C(c2c[nH]c(=O)cn2)C1. The first-order valence-corrected chi connectivity index (χ1v) is 10.4. The van der Waals surface area contributed by atoms with Crippen molar-refractivity contribution in [2.45, 2.75) is 44.1 Å². The fourth-order valence-corrected chi connectivity index (χ4v) is 3.57. The number of amides is 1. The molecule has 31 heavy (non-hydrogen) atoms. The first-order valence-electron chi connectivity index (χ1n) is 10.4. The van der Waals surface area contributed by atoms with Gasteiger partial charge in [-0.3, -0.25) is 19.5 Å². The fraction of sp³-hybridized carbons (Fsp3) is 0.524. The molecule has 2 aromatic rings. The molecule has 1 amide bonds. The summed E-state index contributed by atoms with van der Waals surface area (Å²) in [6, 6.07) is 2.76. The maximum atomic E-state index is 14.5. The number of likely N-dealkylation sites (tertiary alicyclic amines) is 1. The van der Waals surface area contributed by atoms with Crippen LogP contribution in [-0.2, 0) is 4.79 Å². The number of piperidine rings is 1. The lowest BCUT2D eigenvalue weighted by molar-refractivity contribution is -0.125. The quantitative estimate of drug-likeness (QED) is 0.696. The third-order valence-electron chi connectivity index (χ3n) is 5.81. The van der Waals surface area contributed by atoms with Crippen molar-refractivity contribution in [2.75, 3.05) is 25.0 Å². The van der Waals surface area contributed by atoms with E-state index in [0.29, 0.717) is 24.1 Å². The van der Waals surface area contributed by atoms with Gasteiger partial charge in [-0.05, 0) is 37.8 Å². The van der Waals surface area contributed by atoms with Crippen LogP contribution in [0.5, 0.6) is 5.75 Å². The normalized spacial score (nSPS) is 22.0. The number of halogens is 2. The number of hydrogen-bond donors (Lipinski definition) is 2. The summed E-state index contributed by atoms with van der Waals surface area (Å²) < 4.78 is 34.7. The largest absolute Gasteiger partial charge is 0.492 e. The average molecular weight is 433 g/mol. The number of carbonyl (C=O) groups excluding carboxylic acids is 1. The van der Waals surface area contributed by atoms with Crippen molar-refractivity contribution in [1.29, 1.82) is 0 Å². The molecule has 2 atom stereocenters. The van der Waals surface area contributed by atoms with Crippen LogP contribution < -0.4 is 15.6 Å². The van der Waals surface area contributed by atoms with Crippen molar-refractivity contribution >= 4 is 11.7 Å². The number of carbonyl (C=O) groups is 1. The van der Waals surface area contributed by atoms with E-state index in [1.165, 1.54) is 19.0 Å². The highest BCUT2D eigenvalue weighted by Crippen LogP contribution is 2.39. The van der Waals surface area contributed by atoms with E-state index in [1.54, 1.807) is 30.2 Å². The highest BCUT2D eigenvalue weighted by atomic mass is 19.3. The summed E-state index contributed by atoms with van der Waals surface area (Å²) in [5, 5.41) is 2.73. The van der Waals surface area contributed by atoms with Crippen molar-refractivity contribution in [3.63, 3.8) is 0 Å². The zero-order valence-electron chi connectivity index (χ0n) is 17.2. The second kappa shape index (κ2) is 8.70. The predicted molar refractivity (Wildman–Crippen MR) is 109 cm³/mol. The van der Waals surface area contributed by atoms with Crippen molar-refractivity contribution in [1.82, 2.24) is 19.9 Å². The number of ether oxygens (including phenoxy) is 1. The highest BCUT2D eigenvalue weighted by molar-refractivity contribution is 5.93. The summed E-state index contributed by atoms with van der Waals surface area (Å²) in [5.41, 5.74) is -0.353. The van der Waals surface area contributed by atoms with Crippen LogP contribution in [0, 0.1) is 5.92 Å². The minimum absolute atomic E-state index is 0.0536. The first kappa shape index (κ1) is 21.4. The number of anilines is 1. The molecule has 2 unspecified atom stereocenters. The number of aromatic amines is 1. The number of alkyl halides is 2. The summed E-state index contributed by atoms with van der Waals surface area (Å²) in [6.45, 7) is 2.36. The van der Waals surface area contributed by atoms with Gasteiger partial charge in [-0.15, -0.1) is 0 Å². The van der Waals surface area contributed by atoms with E-state index < -0.39 is 29.9 Å².